The maximum Gasteiger partial charge on any atom is 0.408 e. The number of carbonyl (C=O) groups is 2. The lowest BCUT2D eigenvalue weighted by Gasteiger charge is -2.52. The number of aromatic nitrogens is 1. The van der Waals surface area contributed by atoms with Gasteiger partial charge in [0.05, 0.1) is 6.04 Å². The second-order valence-corrected chi connectivity index (χ2v) is 10.0. The van der Waals surface area contributed by atoms with Gasteiger partial charge in [-0.3, -0.25) is 14.6 Å². The van der Waals surface area contributed by atoms with E-state index in [9.17, 15) is 19.1 Å². The largest absolute Gasteiger partial charge is 0.465 e. The summed E-state index contributed by atoms with van der Waals surface area (Å²) < 4.78 is 13.2. The van der Waals surface area contributed by atoms with Gasteiger partial charge in [0.15, 0.2) is 0 Å². The molecular formula is C22H26FN3O3S. The van der Waals surface area contributed by atoms with Crippen LogP contribution in [-0.2, 0) is 0 Å². The monoisotopic (exact) mass is 431 g/mol. The van der Waals surface area contributed by atoms with Gasteiger partial charge in [-0.2, -0.15) is 0 Å². The predicted molar refractivity (Wildman–Crippen MR) is 112 cm³/mol. The fourth-order valence-corrected chi connectivity index (χ4v) is 5.75. The summed E-state index contributed by atoms with van der Waals surface area (Å²) in [6.07, 6.45) is 1.10. The van der Waals surface area contributed by atoms with Crippen molar-refractivity contribution in [3.63, 3.8) is 0 Å². The van der Waals surface area contributed by atoms with Crippen molar-refractivity contribution < 1.29 is 19.1 Å². The molecule has 2 saturated heterocycles. The molecule has 2 aliphatic rings. The first kappa shape index (κ1) is 20.9. The number of nitrogens with zero attached hydrogens (tertiary/aromatic N) is 3. The normalized spacial score (nSPS) is 24.7. The molecule has 0 bridgehead atoms. The molecular weight excluding hydrogens is 405 g/mol. The minimum absolute atomic E-state index is 0.156. The van der Waals surface area contributed by atoms with E-state index in [1.54, 1.807) is 10.3 Å². The number of amides is 1. The van der Waals surface area contributed by atoms with Gasteiger partial charge in [-0.1, -0.05) is 20.8 Å². The van der Waals surface area contributed by atoms with Crippen molar-refractivity contribution in [1.29, 1.82) is 0 Å². The first-order chi connectivity index (χ1) is 14.2. The van der Waals surface area contributed by atoms with Crippen LogP contribution in [0.1, 0.15) is 60.7 Å². The molecule has 0 radical (unpaired) electrons. The summed E-state index contributed by atoms with van der Waals surface area (Å²) in [7, 11) is 0. The van der Waals surface area contributed by atoms with Crippen LogP contribution in [0, 0.1) is 11.2 Å². The van der Waals surface area contributed by atoms with Crippen molar-refractivity contribution in [2.24, 2.45) is 5.41 Å². The van der Waals surface area contributed by atoms with Crippen LogP contribution in [0.3, 0.4) is 0 Å². The smallest absolute Gasteiger partial charge is 0.408 e. The Morgan fingerprint density at radius 1 is 1.23 bits per heavy atom. The van der Waals surface area contributed by atoms with E-state index in [0.29, 0.717) is 17.1 Å². The molecule has 3 atom stereocenters. The molecule has 1 unspecified atom stereocenters. The van der Waals surface area contributed by atoms with Crippen LogP contribution in [0.5, 0.6) is 0 Å². The fraction of sp³-hybridized carbons (Fsp3) is 0.500. The van der Waals surface area contributed by atoms with Crippen LogP contribution in [0.4, 0.5) is 9.18 Å². The summed E-state index contributed by atoms with van der Waals surface area (Å²) in [6.45, 7) is 7.78. The summed E-state index contributed by atoms with van der Waals surface area (Å²) in [5.41, 5.74) is 0.399. The van der Waals surface area contributed by atoms with E-state index >= 15 is 0 Å². The Balaban J connectivity index is 1.67. The highest BCUT2D eigenvalue weighted by atomic mass is 32.1. The Bertz CT molecular complexity index is 953. The molecule has 2 aliphatic heterocycles. The maximum atomic E-state index is 13.2. The molecule has 0 saturated carbocycles. The van der Waals surface area contributed by atoms with Crippen molar-refractivity contribution in [3.8, 4) is 0 Å². The first-order valence-corrected chi connectivity index (χ1v) is 11.1. The Labute approximate surface area is 179 Å². The Kier molecular flexibility index (Phi) is 5.40. The standard InChI is InChI=1S/C22H26FN3O3S/c1-22(2,3)19-16-5-4-10-25(16)11-17(26(19)21(28)29)20-24-15(12-30-20)18(27)13-6-8-14(23)9-7-13/h6-9,12,16-17,19H,4-5,10-11H2,1-3H3,(H,28,29)/t16-,17-,19?/m0/s1. The molecule has 2 fully saturated rings. The van der Waals surface area contributed by atoms with Crippen molar-refractivity contribution in [3.05, 3.63) is 51.7 Å². The molecule has 2 aromatic rings. The molecule has 3 heterocycles. The van der Waals surface area contributed by atoms with Crippen LogP contribution < -0.4 is 0 Å². The van der Waals surface area contributed by atoms with Crippen LogP contribution in [0.25, 0.3) is 0 Å². The van der Waals surface area contributed by atoms with Gasteiger partial charge in [0.25, 0.3) is 0 Å². The molecule has 1 amide bonds. The predicted octanol–water partition coefficient (Wildman–Crippen LogP) is 4.43. The second kappa shape index (κ2) is 7.74. The summed E-state index contributed by atoms with van der Waals surface area (Å²) in [6, 6.07) is 5.00. The highest BCUT2D eigenvalue weighted by molar-refractivity contribution is 7.10. The number of carbonyl (C=O) groups excluding carboxylic acids is 1. The zero-order valence-corrected chi connectivity index (χ0v) is 18.2. The number of benzene rings is 1. The van der Waals surface area contributed by atoms with Crippen LogP contribution in [0.15, 0.2) is 29.6 Å². The zero-order valence-electron chi connectivity index (χ0n) is 17.3. The van der Waals surface area contributed by atoms with Gasteiger partial charge in [0.1, 0.15) is 22.6 Å². The van der Waals surface area contributed by atoms with Crippen LogP contribution in [0.2, 0.25) is 0 Å². The van der Waals surface area contributed by atoms with Gasteiger partial charge < -0.3 is 5.11 Å². The van der Waals surface area contributed by atoms with Gasteiger partial charge in [0, 0.05) is 23.5 Å². The third kappa shape index (κ3) is 3.74. The molecule has 30 heavy (non-hydrogen) atoms. The van der Waals surface area contributed by atoms with E-state index in [-0.39, 0.29) is 29.0 Å². The van der Waals surface area contributed by atoms with Crippen molar-refractivity contribution in [1.82, 2.24) is 14.8 Å². The van der Waals surface area contributed by atoms with Gasteiger partial charge in [-0.05, 0) is 49.1 Å². The quantitative estimate of drug-likeness (QED) is 0.728. The summed E-state index contributed by atoms with van der Waals surface area (Å²) in [5.74, 6) is -0.695. The first-order valence-electron chi connectivity index (χ1n) is 10.2. The second-order valence-electron chi connectivity index (χ2n) is 9.13. The number of halogens is 1. The van der Waals surface area contributed by atoms with E-state index in [1.165, 1.54) is 35.6 Å². The molecule has 1 aromatic heterocycles. The maximum absolute atomic E-state index is 13.2. The number of thiazole rings is 1. The lowest BCUT2D eigenvalue weighted by atomic mass is 9.78. The number of hydrogen-bond donors (Lipinski definition) is 1. The van der Waals surface area contributed by atoms with E-state index in [4.69, 9.17) is 0 Å². The minimum atomic E-state index is -0.951. The Morgan fingerprint density at radius 2 is 1.93 bits per heavy atom. The third-order valence-corrected chi connectivity index (χ3v) is 7.02. The number of piperazine rings is 1. The molecule has 160 valence electrons. The van der Waals surface area contributed by atoms with E-state index in [2.05, 4.69) is 30.7 Å². The highest BCUT2D eigenvalue weighted by Gasteiger charge is 2.51. The van der Waals surface area contributed by atoms with Gasteiger partial charge >= 0.3 is 6.09 Å². The number of ketones is 1. The summed E-state index contributed by atoms with van der Waals surface area (Å²) in [4.78, 5) is 33.6. The summed E-state index contributed by atoms with van der Waals surface area (Å²) >= 11 is 1.31. The van der Waals surface area contributed by atoms with Crippen molar-refractivity contribution >= 4 is 23.2 Å². The van der Waals surface area contributed by atoms with Gasteiger partial charge in [-0.15, -0.1) is 11.3 Å². The fourth-order valence-electron chi connectivity index (χ4n) is 4.86. The van der Waals surface area contributed by atoms with Crippen LogP contribution >= 0.6 is 11.3 Å². The molecule has 6 nitrogen and oxygen atoms in total. The molecule has 4 rings (SSSR count). The third-order valence-electron chi connectivity index (χ3n) is 6.08. The molecule has 1 N–H and O–H groups in total. The van der Waals surface area contributed by atoms with E-state index in [0.717, 1.165) is 19.4 Å². The van der Waals surface area contributed by atoms with Crippen molar-refractivity contribution in [2.75, 3.05) is 13.1 Å². The average molecular weight is 432 g/mol. The van der Waals surface area contributed by atoms with Crippen molar-refractivity contribution in [2.45, 2.75) is 51.7 Å². The average Bonchev–Trinajstić information content (AvgIpc) is 3.34. The zero-order chi connectivity index (χ0) is 21.6. The number of fused-ring (bicyclic) bond motifs is 1. The SMILES string of the molecule is CC(C)(C)C1[C@@H]2CCCN2C[C@@H](c2nc(C(=O)c3ccc(F)cc3)cs2)N1C(=O)O. The highest BCUT2D eigenvalue weighted by Crippen LogP contribution is 2.43. The topological polar surface area (TPSA) is 73.7 Å². The molecule has 0 spiro atoms. The Hall–Kier alpha value is -2.32. The number of hydrogen-bond acceptors (Lipinski definition) is 5. The Morgan fingerprint density at radius 3 is 2.57 bits per heavy atom. The summed E-state index contributed by atoms with van der Waals surface area (Å²) in [5, 5.41) is 12.4. The van der Waals surface area contributed by atoms with Crippen LogP contribution in [-0.4, -0.2) is 56.9 Å². The number of carboxylic acid groups (broad SMARTS) is 1. The number of rotatable bonds is 3. The lowest BCUT2D eigenvalue weighted by molar-refractivity contribution is -0.0381. The van der Waals surface area contributed by atoms with E-state index in [1.807, 2.05) is 0 Å². The van der Waals surface area contributed by atoms with Gasteiger partial charge in [0.2, 0.25) is 5.78 Å². The molecule has 1 aromatic carbocycles. The molecule has 8 heteroatoms. The van der Waals surface area contributed by atoms with E-state index < -0.39 is 18.0 Å². The molecule has 0 aliphatic carbocycles. The minimum Gasteiger partial charge on any atom is -0.465 e. The lowest BCUT2D eigenvalue weighted by Crippen LogP contribution is -2.63. The van der Waals surface area contributed by atoms with Gasteiger partial charge in [-0.25, -0.2) is 14.2 Å².